The molecule has 2 aromatic heterocycles. The molecule has 2 aromatic carbocycles. The molecule has 4 aromatic rings. The highest BCUT2D eigenvalue weighted by Gasteiger charge is 2.34. The minimum Gasteiger partial charge on any atom is -0.457 e. The molecule has 4 heterocycles. The fourth-order valence-corrected chi connectivity index (χ4v) is 6.32. The maximum Gasteiger partial charge on any atom is 0.331 e. The van der Waals surface area contributed by atoms with Crippen LogP contribution in [-0.4, -0.2) is 46.9 Å². The van der Waals surface area contributed by atoms with Crippen LogP contribution >= 0.6 is 24.8 Å². The fourth-order valence-electron chi connectivity index (χ4n) is 5.30. The Bertz CT molecular complexity index is 1720. The maximum absolute atomic E-state index is 13.5. The molecule has 12 heteroatoms. The highest BCUT2D eigenvalue weighted by molar-refractivity contribution is 7.59. The van der Waals surface area contributed by atoms with Crippen molar-refractivity contribution in [3.8, 4) is 17.6 Å². The molecule has 10 nitrogen and oxygen atoms in total. The van der Waals surface area contributed by atoms with Crippen molar-refractivity contribution >= 4 is 70.0 Å². The van der Waals surface area contributed by atoms with Crippen LogP contribution in [-0.2, 0) is 4.79 Å². The molecule has 1 saturated heterocycles. The second-order valence-corrected chi connectivity index (χ2v) is 10.9. The molecule has 2 N–H and O–H groups in total. The third-order valence-corrected chi connectivity index (χ3v) is 8.28. The molecule has 42 heavy (non-hydrogen) atoms. The number of nitrogens with zero attached hydrogens (tertiary/aromatic N) is 4. The lowest BCUT2D eigenvalue weighted by Gasteiger charge is -2.33. The first-order valence-electron chi connectivity index (χ1n) is 13.2. The lowest BCUT2D eigenvalue weighted by molar-refractivity contribution is -0.131. The van der Waals surface area contributed by atoms with E-state index < -0.39 is 0 Å². The van der Waals surface area contributed by atoms with E-state index in [4.69, 9.17) is 10.00 Å². The number of pyridine rings is 1. The number of nitriles is 1. The van der Waals surface area contributed by atoms with Crippen LogP contribution in [0.25, 0.3) is 10.2 Å². The van der Waals surface area contributed by atoms with Gasteiger partial charge in [0.25, 0.3) is 5.91 Å². The Labute approximate surface area is 253 Å². The molecule has 0 unspecified atom stereocenters. The number of aryl methyl sites for hydroxylation is 1. The van der Waals surface area contributed by atoms with Crippen molar-refractivity contribution in [3.05, 3.63) is 71.2 Å². The number of piperidine rings is 1. The van der Waals surface area contributed by atoms with Crippen LogP contribution in [0.1, 0.15) is 34.5 Å². The SMILES string of the molecule is Cc1cc(Oc2ccccc2)ccc1N1C(=O)Nc2c(C(=O)N[C@H]3CCCN(C(=O)CC#N)C3)sc3nccc1c23.S. The van der Waals surface area contributed by atoms with E-state index in [9.17, 15) is 14.4 Å². The molecule has 0 bridgehead atoms. The number of benzene rings is 2. The van der Waals surface area contributed by atoms with E-state index in [0.717, 1.165) is 24.2 Å². The summed E-state index contributed by atoms with van der Waals surface area (Å²) in [6.45, 7) is 2.83. The van der Waals surface area contributed by atoms with Crippen LogP contribution < -0.4 is 20.3 Å². The van der Waals surface area contributed by atoms with Crippen molar-refractivity contribution in [1.82, 2.24) is 15.2 Å². The van der Waals surface area contributed by atoms with Gasteiger partial charge < -0.3 is 20.3 Å². The molecule has 0 spiro atoms. The van der Waals surface area contributed by atoms with Gasteiger partial charge >= 0.3 is 6.03 Å². The Morgan fingerprint density at radius 2 is 1.98 bits per heavy atom. The summed E-state index contributed by atoms with van der Waals surface area (Å²) < 4.78 is 5.96. The van der Waals surface area contributed by atoms with E-state index in [1.807, 2.05) is 61.5 Å². The molecule has 0 saturated carbocycles. The number of likely N-dealkylation sites (tertiary alicyclic amines) is 1. The lowest BCUT2D eigenvalue weighted by atomic mass is 10.0. The summed E-state index contributed by atoms with van der Waals surface area (Å²) in [6, 6.07) is 18.0. The van der Waals surface area contributed by atoms with E-state index in [1.165, 1.54) is 11.3 Å². The summed E-state index contributed by atoms with van der Waals surface area (Å²) in [5.74, 6) is 0.801. The summed E-state index contributed by atoms with van der Waals surface area (Å²) in [5.41, 5.74) is 2.59. The van der Waals surface area contributed by atoms with E-state index in [1.54, 1.807) is 22.1 Å². The molecule has 1 atom stereocenters. The molecule has 2 aliphatic heterocycles. The van der Waals surface area contributed by atoms with Gasteiger partial charge in [0.15, 0.2) is 0 Å². The summed E-state index contributed by atoms with van der Waals surface area (Å²) in [4.78, 5) is 47.8. The van der Waals surface area contributed by atoms with Crippen LogP contribution in [0.5, 0.6) is 11.5 Å². The Balaban J connectivity index is 0.00000353. The van der Waals surface area contributed by atoms with E-state index in [0.29, 0.717) is 51.0 Å². The van der Waals surface area contributed by atoms with E-state index in [-0.39, 0.29) is 43.8 Å². The quantitative estimate of drug-likeness (QED) is 0.287. The minimum absolute atomic E-state index is 0. The third kappa shape index (κ3) is 5.48. The van der Waals surface area contributed by atoms with Crippen molar-refractivity contribution in [2.45, 2.75) is 32.2 Å². The molecule has 6 rings (SSSR count). The first-order valence-corrected chi connectivity index (χ1v) is 14.1. The number of hydrogen-bond acceptors (Lipinski definition) is 7. The van der Waals surface area contributed by atoms with Gasteiger partial charge in [0.1, 0.15) is 27.6 Å². The highest BCUT2D eigenvalue weighted by Crippen LogP contribution is 2.46. The van der Waals surface area contributed by atoms with Gasteiger partial charge in [-0.3, -0.25) is 14.5 Å². The Morgan fingerprint density at radius 3 is 2.74 bits per heavy atom. The van der Waals surface area contributed by atoms with Crippen LogP contribution in [0.15, 0.2) is 60.8 Å². The number of thiophene rings is 1. The molecule has 0 radical (unpaired) electrons. The molecular formula is C30H28N6O4S2. The molecular weight excluding hydrogens is 573 g/mol. The number of nitrogens with one attached hydrogen (secondary N) is 2. The number of urea groups is 1. The molecule has 4 amide bonds. The van der Waals surface area contributed by atoms with Crippen molar-refractivity contribution in [1.29, 1.82) is 5.26 Å². The number of anilines is 3. The van der Waals surface area contributed by atoms with Gasteiger partial charge in [-0.1, -0.05) is 18.2 Å². The zero-order valence-corrected chi connectivity index (χ0v) is 24.5. The topological polar surface area (TPSA) is 128 Å². The normalized spacial score (nSPS) is 15.8. The van der Waals surface area contributed by atoms with Crippen molar-refractivity contribution in [3.63, 3.8) is 0 Å². The van der Waals surface area contributed by atoms with Crippen LogP contribution in [0, 0.1) is 18.3 Å². The summed E-state index contributed by atoms with van der Waals surface area (Å²) >= 11 is 1.21. The Kier molecular flexibility index (Phi) is 8.33. The van der Waals surface area contributed by atoms with Crippen molar-refractivity contribution in [2.24, 2.45) is 0 Å². The zero-order chi connectivity index (χ0) is 28.5. The van der Waals surface area contributed by atoms with Crippen molar-refractivity contribution < 1.29 is 19.1 Å². The van der Waals surface area contributed by atoms with Crippen LogP contribution in [0.3, 0.4) is 0 Å². The van der Waals surface area contributed by atoms with Gasteiger partial charge in [-0.15, -0.1) is 11.3 Å². The second kappa shape index (κ2) is 12.1. The van der Waals surface area contributed by atoms with Gasteiger partial charge in [0.05, 0.1) is 28.5 Å². The predicted molar refractivity (Wildman–Crippen MR) is 166 cm³/mol. The first-order chi connectivity index (χ1) is 19.9. The second-order valence-electron chi connectivity index (χ2n) is 9.93. The monoisotopic (exact) mass is 600 g/mol. The number of ether oxygens (including phenoxy) is 1. The van der Waals surface area contributed by atoms with Gasteiger partial charge in [0, 0.05) is 25.3 Å². The minimum atomic E-state index is -0.386. The standard InChI is InChI=1S/C30H26N6O4S.H2S/c1-18-16-21(40-20-7-3-2-4-8-20)9-10-22(18)36-23-12-14-32-29-25(23)26(34-30(36)39)27(41-29)28(38)33-19-6-5-15-35(17-19)24(37)11-13-31;/h2-4,7-10,12,14,16,19H,5-6,11,15,17H2,1H3,(H,33,38)(H,34,39);1H2/t19-;/m0./s1. The Morgan fingerprint density at radius 1 is 1.17 bits per heavy atom. The first kappa shape index (κ1) is 28.9. The average molecular weight is 601 g/mol. The third-order valence-electron chi connectivity index (χ3n) is 7.18. The molecule has 2 aliphatic rings. The number of para-hydroxylation sites is 1. The van der Waals surface area contributed by atoms with Gasteiger partial charge in [-0.2, -0.15) is 18.8 Å². The molecule has 0 aliphatic carbocycles. The zero-order valence-electron chi connectivity index (χ0n) is 22.7. The number of carbonyl (C=O) groups is 3. The number of amides is 4. The van der Waals surface area contributed by atoms with Gasteiger partial charge in [-0.05, 0) is 61.7 Å². The summed E-state index contributed by atoms with van der Waals surface area (Å²) in [7, 11) is 0. The van der Waals surface area contributed by atoms with Crippen molar-refractivity contribution in [2.75, 3.05) is 23.3 Å². The number of carbonyl (C=O) groups excluding carboxylic acids is 3. The molecule has 214 valence electrons. The average Bonchev–Trinajstić information content (AvgIpc) is 3.34. The smallest absolute Gasteiger partial charge is 0.331 e. The summed E-state index contributed by atoms with van der Waals surface area (Å²) in [6.07, 6.45) is 2.90. The molecule has 1 fully saturated rings. The van der Waals surface area contributed by atoms with Gasteiger partial charge in [-0.25, -0.2) is 9.78 Å². The number of hydrogen-bond donors (Lipinski definition) is 2. The highest BCUT2D eigenvalue weighted by atomic mass is 32.1. The number of aromatic nitrogens is 1. The van der Waals surface area contributed by atoms with E-state index in [2.05, 4.69) is 15.6 Å². The fraction of sp³-hybridized carbons (Fsp3) is 0.233. The lowest BCUT2D eigenvalue weighted by Crippen LogP contribution is -2.49. The van der Waals surface area contributed by atoms with Crippen LogP contribution in [0.2, 0.25) is 0 Å². The maximum atomic E-state index is 13.5. The van der Waals surface area contributed by atoms with E-state index >= 15 is 0 Å². The van der Waals surface area contributed by atoms with Crippen LogP contribution in [0.4, 0.5) is 21.9 Å². The van der Waals surface area contributed by atoms with Gasteiger partial charge in [0.2, 0.25) is 5.91 Å². The largest absolute Gasteiger partial charge is 0.457 e. The number of rotatable bonds is 6. The Hall–Kier alpha value is -4.60. The summed E-state index contributed by atoms with van der Waals surface area (Å²) in [5, 5.41) is 15.5. The predicted octanol–water partition coefficient (Wildman–Crippen LogP) is 5.83.